The maximum atomic E-state index is 12.8. The van der Waals surface area contributed by atoms with Gasteiger partial charge in [0.2, 0.25) is 5.91 Å². The van der Waals surface area contributed by atoms with Gasteiger partial charge in [0.1, 0.15) is 12.4 Å². The van der Waals surface area contributed by atoms with E-state index < -0.39 is 0 Å². The van der Waals surface area contributed by atoms with Crippen molar-refractivity contribution in [3.8, 4) is 11.4 Å². The molecule has 1 fully saturated rings. The van der Waals surface area contributed by atoms with Gasteiger partial charge in [-0.15, -0.1) is 0 Å². The normalized spacial score (nSPS) is 17.3. The molecule has 1 aromatic carbocycles. The van der Waals surface area contributed by atoms with Crippen molar-refractivity contribution in [2.45, 2.75) is 52.1 Å². The predicted octanol–water partition coefficient (Wildman–Crippen LogP) is 3.53. The van der Waals surface area contributed by atoms with E-state index >= 15 is 0 Å². The Bertz CT molecular complexity index is 862. The number of nitrogens with zero attached hydrogens (tertiary/aromatic N) is 3. The average molecular weight is 374 g/mol. The van der Waals surface area contributed by atoms with Crippen LogP contribution in [0.4, 0.5) is 0 Å². The largest absolute Gasteiger partial charge is 0.338 e. The number of aromatic nitrogens is 2. The molecule has 0 saturated carbocycles. The smallest absolute Gasteiger partial charge is 0.254 e. The first-order valence-electron chi connectivity index (χ1n) is 9.15. The molecule has 1 amide bonds. The van der Waals surface area contributed by atoms with Crippen LogP contribution >= 0.6 is 11.6 Å². The third-order valence-electron chi connectivity index (χ3n) is 4.92. The summed E-state index contributed by atoms with van der Waals surface area (Å²) in [6, 6.07) is 8.95. The Hall–Kier alpha value is -2.14. The van der Waals surface area contributed by atoms with Crippen LogP contribution in [0.5, 0.6) is 0 Å². The highest BCUT2D eigenvalue weighted by Gasteiger charge is 2.24. The molecule has 0 bridgehead atoms. The van der Waals surface area contributed by atoms with Crippen molar-refractivity contribution in [1.29, 1.82) is 0 Å². The van der Waals surface area contributed by atoms with Crippen LogP contribution in [-0.4, -0.2) is 32.9 Å². The number of aryl methyl sites for hydroxylation is 1. The maximum absolute atomic E-state index is 12.8. The van der Waals surface area contributed by atoms with E-state index in [9.17, 15) is 9.59 Å². The summed E-state index contributed by atoms with van der Waals surface area (Å²) in [6.45, 7) is 4.77. The van der Waals surface area contributed by atoms with Gasteiger partial charge in [0.15, 0.2) is 0 Å². The van der Waals surface area contributed by atoms with Gasteiger partial charge in [0.25, 0.3) is 5.56 Å². The van der Waals surface area contributed by atoms with Crippen LogP contribution in [0.25, 0.3) is 11.4 Å². The minimum Gasteiger partial charge on any atom is -0.338 e. The molecule has 3 rings (SSSR count). The lowest BCUT2D eigenvalue weighted by molar-refractivity contribution is -0.135. The van der Waals surface area contributed by atoms with Crippen molar-refractivity contribution < 1.29 is 4.79 Å². The molecule has 1 aliphatic heterocycles. The molecule has 2 aromatic rings. The molecule has 1 aliphatic rings. The number of rotatable bonds is 4. The summed E-state index contributed by atoms with van der Waals surface area (Å²) in [6.07, 6.45) is 3.82. The minimum absolute atomic E-state index is 0.00200. The van der Waals surface area contributed by atoms with Gasteiger partial charge in [0, 0.05) is 34.9 Å². The molecule has 0 spiro atoms. The fourth-order valence-corrected chi connectivity index (χ4v) is 3.62. The molecule has 2 heterocycles. The minimum atomic E-state index is -0.204. The van der Waals surface area contributed by atoms with Crippen LogP contribution < -0.4 is 5.56 Å². The number of benzene rings is 1. The second kappa shape index (κ2) is 8.04. The highest BCUT2D eigenvalue weighted by Crippen LogP contribution is 2.22. The quantitative estimate of drug-likeness (QED) is 0.823. The molecule has 1 aromatic heterocycles. The van der Waals surface area contributed by atoms with Gasteiger partial charge in [-0.3, -0.25) is 14.2 Å². The Morgan fingerprint density at radius 1 is 1.31 bits per heavy atom. The van der Waals surface area contributed by atoms with Gasteiger partial charge in [-0.1, -0.05) is 30.7 Å². The van der Waals surface area contributed by atoms with Gasteiger partial charge in [-0.05, 0) is 44.7 Å². The second-order valence-corrected chi connectivity index (χ2v) is 7.23. The summed E-state index contributed by atoms with van der Waals surface area (Å²) in [5.41, 5.74) is 1.24. The first-order valence-corrected chi connectivity index (χ1v) is 9.53. The van der Waals surface area contributed by atoms with E-state index in [1.165, 1.54) is 10.6 Å². The molecular formula is C20H24ClN3O2. The summed E-state index contributed by atoms with van der Waals surface area (Å²) in [4.78, 5) is 32.0. The Labute approximate surface area is 158 Å². The fourth-order valence-electron chi connectivity index (χ4n) is 3.43. The zero-order valence-corrected chi connectivity index (χ0v) is 16.0. The molecule has 5 nitrogen and oxygen atoms in total. The monoisotopic (exact) mass is 373 g/mol. The number of likely N-dealkylation sites (tertiary alicyclic amines) is 1. The van der Waals surface area contributed by atoms with Crippen molar-refractivity contribution in [3.05, 3.63) is 51.4 Å². The van der Waals surface area contributed by atoms with Crippen LogP contribution in [0.3, 0.4) is 0 Å². The van der Waals surface area contributed by atoms with E-state index in [2.05, 4.69) is 11.9 Å². The number of hydrogen-bond acceptors (Lipinski definition) is 3. The maximum Gasteiger partial charge on any atom is 0.254 e. The van der Waals surface area contributed by atoms with E-state index in [-0.39, 0.29) is 24.1 Å². The van der Waals surface area contributed by atoms with E-state index in [0.717, 1.165) is 31.4 Å². The third kappa shape index (κ3) is 3.98. The molecule has 0 radical (unpaired) electrons. The lowest BCUT2D eigenvalue weighted by atomic mass is 10.0. The molecule has 138 valence electrons. The number of piperidine rings is 1. The molecule has 0 aliphatic carbocycles. The fraction of sp³-hybridized carbons (Fsp3) is 0.450. The molecule has 0 N–H and O–H groups in total. The van der Waals surface area contributed by atoms with Crippen molar-refractivity contribution in [2.75, 3.05) is 6.54 Å². The lowest BCUT2D eigenvalue weighted by Gasteiger charge is -2.33. The standard InChI is InChI=1S/C20H24ClN3O2/c1-3-17-12-18(25)24(13-19(26)23-10-5-4-7-14(23)2)20(22-17)15-8-6-9-16(21)11-15/h6,8-9,11-12,14H,3-5,7,10,13H2,1-2H3. The number of carbonyl (C=O) groups excluding carboxylic acids is 1. The Morgan fingerprint density at radius 2 is 2.12 bits per heavy atom. The topological polar surface area (TPSA) is 55.2 Å². The summed E-state index contributed by atoms with van der Waals surface area (Å²) >= 11 is 6.12. The third-order valence-corrected chi connectivity index (χ3v) is 5.16. The number of hydrogen-bond donors (Lipinski definition) is 0. The summed E-state index contributed by atoms with van der Waals surface area (Å²) in [5.74, 6) is 0.462. The van der Waals surface area contributed by atoms with Gasteiger partial charge in [-0.25, -0.2) is 4.98 Å². The number of carbonyl (C=O) groups is 1. The van der Waals surface area contributed by atoms with E-state index in [1.54, 1.807) is 12.1 Å². The zero-order chi connectivity index (χ0) is 18.7. The van der Waals surface area contributed by atoms with Crippen molar-refractivity contribution in [1.82, 2.24) is 14.5 Å². The number of amides is 1. The summed E-state index contributed by atoms with van der Waals surface area (Å²) in [5, 5.41) is 0.571. The van der Waals surface area contributed by atoms with Gasteiger partial charge >= 0.3 is 0 Å². The lowest BCUT2D eigenvalue weighted by Crippen LogP contribution is -2.45. The van der Waals surface area contributed by atoms with E-state index in [4.69, 9.17) is 11.6 Å². The number of halogens is 1. The van der Waals surface area contributed by atoms with Crippen LogP contribution in [0.1, 0.15) is 38.8 Å². The van der Waals surface area contributed by atoms with Crippen LogP contribution in [-0.2, 0) is 17.8 Å². The summed E-state index contributed by atoms with van der Waals surface area (Å²) in [7, 11) is 0. The van der Waals surface area contributed by atoms with Crippen LogP contribution in [0.2, 0.25) is 5.02 Å². The SMILES string of the molecule is CCc1cc(=O)n(CC(=O)N2CCCCC2C)c(-c2cccc(Cl)c2)n1. The van der Waals surface area contributed by atoms with E-state index in [0.29, 0.717) is 23.0 Å². The highest BCUT2D eigenvalue weighted by atomic mass is 35.5. The Balaban J connectivity index is 2.00. The van der Waals surface area contributed by atoms with Gasteiger partial charge in [0.05, 0.1) is 0 Å². The van der Waals surface area contributed by atoms with Crippen LogP contribution in [0.15, 0.2) is 35.1 Å². The predicted molar refractivity (Wildman–Crippen MR) is 103 cm³/mol. The second-order valence-electron chi connectivity index (χ2n) is 6.79. The van der Waals surface area contributed by atoms with Gasteiger partial charge in [-0.2, -0.15) is 0 Å². The first kappa shape index (κ1) is 18.6. The van der Waals surface area contributed by atoms with Gasteiger partial charge < -0.3 is 4.90 Å². The van der Waals surface area contributed by atoms with Crippen LogP contribution in [0, 0.1) is 0 Å². The van der Waals surface area contributed by atoms with Crippen molar-refractivity contribution in [2.24, 2.45) is 0 Å². The van der Waals surface area contributed by atoms with E-state index in [1.807, 2.05) is 24.0 Å². The van der Waals surface area contributed by atoms with Crippen molar-refractivity contribution in [3.63, 3.8) is 0 Å². The molecule has 1 saturated heterocycles. The molecule has 1 unspecified atom stereocenters. The summed E-state index contributed by atoms with van der Waals surface area (Å²) < 4.78 is 1.47. The van der Waals surface area contributed by atoms with Crippen molar-refractivity contribution >= 4 is 17.5 Å². The molecular weight excluding hydrogens is 350 g/mol. The highest BCUT2D eigenvalue weighted by molar-refractivity contribution is 6.30. The first-order chi connectivity index (χ1) is 12.5. The molecule has 6 heteroatoms. The molecule has 1 atom stereocenters. The average Bonchev–Trinajstić information content (AvgIpc) is 2.63. The Kier molecular flexibility index (Phi) is 5.77. The molecule has 26 heavy (non-hydrogen) atoms. The Morgan fingerprint density at radius 3 is 2.81 bits per heavy atom. The zero-order valence-electron chi connectivity index (χ0n) is 15.2.